The predicted molar refractivity (Wildman–Crippen MR) is 82.6 cm³/mol. The zero-order valence-corrected chi connectivity index (χ0v) is 13.0. The third kappa shape index (κ3) is 4.43. The summed E-state index contributed by atoms with van der Waals surface area (Å²) in [6.07, 6.45) is 1.09. The highest BCUT2D eigenvalue weighted by atomic mass is 16.5. The molecule has 1 aromatic rings. The van der Waals surface area contributed by atoms with E-state index in [1.54, 1.807) is 7.11 Å². The average molecular weight is 308 g/mol. The molecule has 1 saturated heterocycles. The van der Waals surface area contributed by atoms with Gasteiger partial charge in [-0.1, -0.05) is 18.2 Å². The fourth-order valence-corrected chi connectivity index (χ4v) is 2.34. The molecule has 0 aromatic heterocycles. The van der Waals surface area contributed by atoms with Crippen molar-refractivity contribution in [2.75, 3.05) is 33.5 Å². The molecule has 1 aromatic carbocycles. The molecule has 1 aliphatic heterocycles. The molecule has 0 atom stereocenters. The number of para-hydroxylation sites is 1. The fraction of sp³-hybridized carbons (Fsp3) is 0.562. The standard InChI is InChI=1S/C16H24N2O4/c1-20-10-11-22-14-5-3-2-4-13(14)12-18-15(19)16(17)6-8-21-9-7-16/h2-5H,6-12,17H2,1H3,(H,18,19). The Hall–Kier alpha value is -1.63. The third-order valence-corrected chi connectivity index (χ3v) is 3.79. The van der Waals surface area contributed by atoms with Crippen LogP contribution in [0.4, 0.5) is 0 Å². The van der Waals surface area contributed by atoms with E-state index in [2.05, 4.69) is 5.32 Å². The number of carbonyl (C=O) groups excluding carboxylic acids is 1. The molecule has 2 rings (SSSR count). The molecule has 1 amide bonds. The van der Waals surface area contributed by atoms with Gasteiger partial charge in [-0.2, -0.15) is 0 Å². The zero-order valence-electron chi connectivity index (χ0n) is 13.0. The van der Waals surface area contributed by atoms with Crippen molar-refractivity contribution >= 4 is 5.91 Å². The zero-order chi connectivity index (χ0) is 15.8. The van der Waals surface area contributed by atoms with Gasteiger partial charge < -0.3 is 25.3 Å². The molecule has 0 radical (unpaired) electrons. The Bertz CT molecular complexity index is 487. The number of hydrogen-bond acceptors (Lipinski definition) is 5. The molecule has 1 heterocycles. The largest absolute Gasteiger partial charge is 0.491 e. The van der Waals surface area contributed by atoms with Crippen LogP contribution in [0.15, 0.2) is 24.3 Å². The maximum absolute atomic E-state index is 12.3. The highest BCUT2D eigenvalue weighted by Crippen LogP contribution is 2.20. The van der Waals surface area contributed by atoms with Gasteiger partial charge in [0.1, 0.15) is 12.4 Å². The first kappa shape index (κ1) is 16.7. The molecule has 6 nitrogen and oxygen atoms in total. The van der Waals surface area contributed by atoms with Crippen LogP contribution >= 0.6 is 0 Å². The van der Waals surface area contributed by atoms with Crippen LogP contribution in [0, 0.1) is 0 Å². The van der Waals surface area contributed by atoms with E-state index in [4.69, 9.17) is 19.9 Å². The Kier molecular flexibility index (Phi) is 6.18. The highest BCUT2D eigenvalue weighted by Gasteiger charge is 2.35. The Balaban J connectivity index is 1.91. The summed E-state index contributed by atoms with van der Waals surface area (Å²) in [5.74, 6) is 0.611. The predicted octanol–water partition coefficient (Wildman–Crippen LogP) is 0.836. The second-order valence-corrected chi connectivity index (χ2v) is 5.40. The number of methoxy groups -OCH3 is 1. The van der Waals surface area contributed by atoms with Gasteiger partial charge in [0.05, 0.1) is 12.1 Å². The number of nitrogens with two attached hydrogens (primary N) is 1. The number of rotatable bonds is 7. The summed E-state index contributed by atoms with van der Waals surface area (Å²) < 4.78 is 15.9. The van der Waals surface area contributed by atoms with Crippen molar-refractivity contribution in [2.45, 2.75) is 24.9 Å². The summed E-state index contributed by atoms with van der Waals surface area (Å²) in [7, 11) is 1.63. The van der Waals surface area contributed by atoms with E-state index in [1.165, 1.54) is 0 Å². The van der Waals surface area contributed by atoms with Crippen molar-refractivity contribution in [1.82, 2.24) is 5.32 Å². The van der Waals surface area contributed by atoms with E-state index < -0.39 is 5.54 Å². The van der Waals surface area contributed by atoms with Crippen LogP contribution in [0.3, 0.4) is 0 Å². The van der Waals surface area contributed by atoms with Crippen LogP contribution in [0.1, 0.15) is 18.4 Å². The molecule has 0 unspecified atom stereocenters. The lowest BCUT2D eigenvalue weighted by atomic mass is 9.90. The normalized spacial score (nSPS) is 17.0. The molecule has 0 aliphatic carbocycles. The summed E-state index contributed by atoms with van der Waals surface area (Å²) in [6.45, 7) is 2.44. The van der Waals surface area contributed by atoms with Crippen LogP contribution in [0.2, 0.25) is 0 Å². The van der Waals surface area contributed by atoms with Gasteiger partial charge in [-0.25, -0.2) is 0 Å². The van der Waals surface area contributed by atoms with Crippen molar-refractivity contribution < 1.29 is 19.0 Å². The van der Waals surface area contributed by atoms with Crippen LogP contribution < -0.4 is 15.8 Å². The minimum atomic E-state index is -0.829. The second kappa shape index (κ2) is 8.12. The lowest BCUT2D eigenvalue weighted by molar-refractivity contribution is -0.129. The van der Waals surface area contributed by atoms with E-state index >= 15 is 0 Å². The molecular weight excluding hydrogens is 284 g/mol. The van der Waals surface area contributed by atoms with Gasteiger partial charge in [0.2, 0.25) is 5.91 Å². The Morgan fingerprint density at radius 1 is 1.32 bits per heavy atom. The van der Waals surface area contributed by atoms with Gasteiger partial charge in [0.15, 0.2) is 0 Å². The van der Waals surface area contributed by atoms with Gasteiger partial charge >= 0.3 is 0 Å². The number of carbonyl (C=O) groups is 1. The quantitative estimate of drug-likeness (QED) is 0.729. The Morgan fingerprint density at radius 2 is 2.05 bits per heavy atom. The third-order valence-electron chi connectivity index (χ3n) is 3.79. The number of benzene rings is 1. The topological polar surface area (TPSA) is 82.8 Å². The van der Waals surface area contributed by atoms with Crippen molar-refractivity contribution in [2.24, 2.45) is 5.73 Å². The first-order valence-electron chi connectivity index (χ1n) is 7.50. The smallest absolute Gasteiger partial charge is 0.240 e. The molecular formula is C16H24N2O4. The maximum Gasteiger partial charge on any atom is 0.240 e. The fourth-order valence-electron chi connectivity index (χ4n) is 2.34. The number of amides is 1. The van der Waals surface area contributed by atoms with Gasteiger partial charge in [0, 0.05) is 32.4 Å². The van der Waals surface area contributed by atoms with Crippen molar-refractivity contribution in [3.05, 3.63) is 29.8 Å². The lowest BCUT2D eigenvalue weighted by Crippen LogP contribution is -2.56. The summed E-state index contributed by atoms with van der Waals surface area (Å²) >= 11 is 0. The van der Waals surface area contributed by atoms with Crippen LogP contribution in [0.25, 0.3) is 0 Å². The van der Waals surface area contributed by atoms with E-state index in [9.17, 15) is 4.79 Å². The maximum atomic E-state index is 12.3. The minimum Gasteiger partial charge on any atom is -0.491 e. The number of nitrogens with one attached hydrogen (secondary N) is 1. The molecule has 0 bridgehead atoms. The van der Waals surface area contributed by atoms with E-state index in [0.717, 1.165) is 11.3 Å². The van der Waals surface area contributed by atoms with Crippen LogP contribution in [0.5, 0.6) is 5.75 Å². The minimum absolute atomic E-state index is 0.137. The molecule has 3 N–H and O–H groups in total. The van der Waals surface area contributed by atoms with E-state index in [-0.39, 0.29) is 5.91 Å². The second-order valence-electron chi connectivity index (χ2n) is 5.40. The van der Waals surface area contributed by atoms with Crippen LogP contribution in [-0.4, -0.2) is 45.0 Å². The number of hydrogen-bond donors (Lipinski definition) is 2. The van der Waals surface area contributed by atoms with Gasteiger partial charge in [-0.15, -0.1) is 0 Å². The summed E-state index contributed by atoms with van der Waals surface area (Å²) in [5, 5.41) is 2.91. The SMILES string of the molecule is COCCOc1ccccc1CNC(=O)C1(N)CCOCC1. The highest BCUT2D eigenvalue weighted by molar-refractivity contribution is 5.86. The Labute approximate surface area is 130 Å². The molecule has 0 spiro atoms. The lowest BCUT2D eigenvalue weighted by Gasteiger charge is -2.31. The monoisotopic (exact) mass is 308 g/mol. The summed E-state index contributed by atoms with van der Waals surface area (Å²) in [6, 6.07) is 7.62. The first-order chi connectivity index (χ1) is 10.7. The molecule has 1 fully saturated rings. The van der Waals surface area contributed by atoms with Crippen molar-refractivity contribution in [1.29, 1.82) is 0 Å². The number of ether oxygens (including phenoxy) is 3. The van der Waals surface area contributed by atoms with Gasteiger partial charge in [0.25, 0.3) is 0 Å². The summed E-state index contributed by atoms with van der Waals surface area (Å²) in [4.78, 5) is 12.3. The van der Waals surface area contributed by atoms with Crippen molar-refractivity contribution in [3.8, 4) is 5.75 Å². The van der Waals surface area contributed by atoms with Gasteiger partial charge in [-0.3, -0.25) is 4.79 Å². The summed E-state index contributed by atoms with van der Waals surface area (Å²) in [5.41, 5.74) is 6.25. The van der Waals surface area contributed by atoms with Gasteiger partial charge in [-0.05, 0) is 18.9 Å². The first-order valence-corrected chi connectivity index (χ1v) is 7.50. The molecule has 122 valence electrons. The average Bonchev–Trinajstić information content (AvgIpc) is 2.54. The Morgan fingerprint density at radius 3 is 2.77 bits per heavy atom. The van der Waals surface area contributed by atoms with Crippen LogP contribution in [-0.2, 0) is 20.8 Å². The van der Waals surface area contributed by atoms with E-state index in [1.807, 2.05) is 24.3 Å². The molecule has 0 saturated carbocycles. The van der Waals surface area contributed by atoms with E-state index in [0.29, 0.717) is 45.8 Å². The molecule has 1 aliphatic rings. The molecule has 22 heavy (non-hydrogen) atoms. The molecule has 6 heteroatoms. The van der Waals surface area contributed by atoms with Crippen molar-refractivity contribution in [3.63, 3.8) is 0 Å².